The van der Waals surface area contributed by atoms with Crippen molar-refractivity contribution in [2.45, 2.75) is 45.3 Å². The molecule has 1 N–H and O–H groups in total. The molecule has 0 amide bonds. The maximum atomic E-state index is 11.7. The predicted octanol–water partition coefficient (Wildman–Crippen LogP) is 1.27. The number of aromatic nitrogens is 2. The highest BCUT2D eigenvalue weighted by atomic mass is 16.3. The Kier molecular flexibility index (Phi) is 3.10. The summed E-state index contributed by atoms with van der Waals surface area (Å²) in [5.41, 5.74) is 0.767. The molecule has 1 aliphatic rings. The van der Waals surface area contributed by atoms with E-state index in [4.69, 9.17) is 0 Å². The van der Waals surface area contributed by atoms with Crippen molar-refractivity contribution in [3.05, 3.63) is 28.4 Å². The first-order valence-electron chi connectivity index (χ1n) is 5.81. The number of aliphatic hydroxyl groups is 1. The number of rotatable bonds is 1. The molecule has 4 nitrogen and oxygen atoms in total. The van der Waals surface area contributed by atoms with Gasteiger partial charge < -0.3 is 5.11 Å². The van der Waals surface area contributed by atoms with Gasteiger partial charge in [0.25, 0.3) is 0 Å². The molecular formula is C12H18N2O2. The fraction of sp³-hybridized carbons (Fsp3) is 0.667. The first-order valence-corrected chi connectivity index (χ1v) is 5.81. The molecule has 0 aromatic carbocycles. The molecular weight excluding hydrogens is 204 g/mol. The van der Waals surface area contributed by atoms with Gasteiger partial charge in [0.1, 0.15) is 0 Å². The molecule has 0 aliphatic heterocycles. The second kappa shape index (κ2) is 4.37. The van der Waals surface area contributed by atoms with Crippen molar-refractivity contribution in [2.24, 2.45) is 5.92 Å². The van der Waals surface area contributed by atoms with Crippen LogP contribution >= 0.6 is 0 Å². The van der Waals surface area contributed by atoms with Gasteiger partial charge in [-0.2, -0.15) is 0 Å². The lowest BCUT2D eigenvalue weighted by molar-refractivity contribution is 0.0762. The van der Waals surface area contributed by atoms with Crippen LogP contribution in [-0.2, 0) is 0 Å². The second-order valence-corrected chi connectivity index (χ2v) is 4.83. The second-order valence-electron chi connectivity index (χ2n) is 4.83. The molecule has 1 saturated carbocycles. The van der Waals surface area contributed by atoms with Crippen LogP contribution in [0, 0.1) is 12.8 Å². The van der Waals surface area contributed by atoms with Crippen molar-refractivity contribution in [2.75, 3.05) is 0 Å². The zero-order valence-corrected chi connectivity index (χ0v) is 9.76. The quantitative estimate of drug-likeness (QED) is 0.778. The van der Waals surface area contributed by atoms with Gasteiger partial charge in [-0.1, -0.05) is 6.92 Å². The van der Waals surface area contributed by atoms with E-state index in [2.05, 4.69) is 11.9 Å². The van der Waals surface area contributed by atoms with Crippen LogP contribution in [0.4, 0.5) is 0 Å². The van der Waals surface area contributed by atoms with E-state index >= 15 is 0 Å². The molecule has 0 spiro atoms. The number of aliphatic hydroxyl groups excluding tert-OH is 1. The summed E-state index contributed by atoms with van der Waals surface area (Å²) in [6.45, 7) is 4.05. The van der Waals surface area contributed by atoms with E-state index in [1.54, 1.807) is 10.8 Å². The predicted molar refractivity (Wildman–Crippen MR) is 61.3 cm³/mol. The summed E-state index contributed by atoms with van der Waals surface area (Å²) in [7, 11) is 0. The van der Waals surface area contributed by atoms with Crippen LogP contribution in [0.1, 0.15) is 37.8 Å². The number of hydrogen-bond donors (Lipinski definition) is 1. The monoisotopic (exact) mass is 222 g/mol. The molecule has 0 bridgehead atoms. The molecule has 1 aromatic rings. The zero-order chi connectivity index (χ0) is 11.7. The zero-order valence-electron chi connectivity index (χ0n) is 9.76. The van der Waals surface area contributed by atoms with Gasteiger partial charge in [0.05, 0.1) is 6.10 Å². The van der Waals surface area contributed by atoms with Crippen LogP contribution in [0.5, 0.6) is 0 Å². The lowest BCUT2D eigenvalue weighted by Crippen LogP contribution is -2.35. The maximum absolute atomic E-state index is 11.7. The van der Waals surface area contributed by atoms with Crippen molar-refractivity contribution in [1.82, 2.24) is 9.55 Å². The Balaban J connectivity index is 2.34. The average Bonchev–Trinajstić information content (AvgIpc) is 2.25. The van der Waals surface area contributed by atoms with Gasteiger partial charge in [-0.05, 0) is 37.7 Å². The lowest BCUT2D eigenvalue weighted by atomic mass is 9.84. The summed E-state index contributed by atoms with van der Waals surface area (Å²) < 4.78 is 1.68. The molecule has 1 aliphatic carbocycles. The van der Waals surface area contributed by atoms with E-state index in [0.717, 1.165) is 18.4 Å². The highest BCUT2D eigenvalue weighted by molar-refractivity contribution is 5.01. The van der Waals surface area contributed by atoms with E-state index < -0.39 is 0 Å². The Morgan fingerprint density at radius 1 is 1.50 bits per heavy atom. The van der Waals surface area contributed by atoms with E-state index in [9.17, 15) is 9.90 Å². The van der Waals surface area contributed by atoms with E-state index in [1.807, 2.05) is 13.1 Å². The third-order valence-corrected chi connectivity index (χ3v) is 3.43. The Hall–Kier alpha value is -1.16. The smallest absolute Gasteiger partial charge is 0.347 e. The summed E-state index contributed by atoms with van der Waals surface area (Å²) >= 11 is 0. The van der Waals surface area contributed by atoms with Crippen molar-refractivity contribution in [3.63, 3.8) is 0 Å². The molecule has 16 heavy (non-hydrogen) atoms. The molecule has 3 atom stereocenters. The van der Waals surface area contributed by atoms with E-state index in [0.29, 0.717) is 12.3 Å². The van der Waals surface area contributed by atoms with E-state index in [1.165, 1.54) is 0 Å². The van der Waals surface area contributed by atoms with Gasteiger partial charge >= 0.3 is 5.69 Å². The Morgan fingerprint density at radius 2 is 2.25 bits per heavy atom. The SMILES string of the molecule is Cc1cnc(=O)n(C2CC(O)CCC2C)c1. The van der Waals surface area contributed by atoms with Crippen LogP contribution in [0.2, 0.25) is 0 Å². The first-order chi connectivity index (χ1) is 7.58. The Morgan fingerprint density at radius 3 is 3.00 bits per heavy atom. The van der Waals surface area contributed by atoms with Crippen molar-refractivity contribution >= 4 is 0 Å². The molecule has 4 heteroatoms. The van der Waals surface area contributed by atoms with Gasteiger partial charge in [0.2, 0.25) is 0 Å². The van der Waals surface area contributed by atoms with Crippen LogP contribution in [0.25, 0.3) is 0 Å². The third kappa shape index (κ3) is 2.16. The first kappa shape index (κ1) is 11.3. The maximum Gasteiger partial charge on any atom is 0.347 e. The van der Waals surface area contributed by atoms with Crippen molar-refractivity contribution in [1.29, 1.82) is 0 Å². The summed E-state index contributed by atoms with van der Waals surface area (Å²) in [4.78, 5) is 15.5. The number of aryl methyl sites for hydroxylation is 1. The summed E-state index contributed by atoms with van der Waals surface area (Å²) in [6, 6.07) is 0.0867. The minimum absolute atomic E-state index is 0.0867. The fourth-order valence-electron chi connectivity index (χ4n) is 2.43. The molecule has 0 saturated heterocycles. The van der Waals surface area contributed by atoms with Gasteiger partial charge in [-0.25, -0.2) is 9.78 Å². The minimum Gasteiger partial charge on any atom is -0.393 e. The molecule has 2 rings (SSSR count). The molecule has 0 radical (unpaired) electrons. The number of hydrogen-bond acceptors (Lipinski definition) is 3. The minimum atomic E-state index is -0.284. The van der Waals surface area contributed by atoms with Gasteiger partial charge in [0.15, 0.2) is 0 Å². The van der Waals surface area contributed by atoms with Crippen LogP contribution in [-0.4, -0.2) is 20.8 Å². The lowest BCUT2D eigenvalue weighted by Gasteiger charge is -2.33. The third-order valence-electron chi connectivity index (χ3n) is 3.43. The van der Waals surface area contributed by atoms with Crippen LogP contribution < -0.4 is 5.69 Å². The standard InChI is InChI=1S/C12H18N2O2/c1-8-6-13-12(16)14(7-8)11-5-10(15)4-3-9(11)2/h6-7,9-11,15H,3-5H2,1-2H3. The van der Waals surface area contributed by atoms with Gasteiger partial charge in [0, 0.05) is 18.4 Å². The van der Waals surface area contributed by atoms with E-state index in [-0.39, 0.29) is 17.8 Å². The Labute approximate surface area is 95.0 Å². The molecule has 3 unspecified atom stereocenters. The Bertz CT molecular complexity index is 427. The topological polar surface area (TPSA) is 55.1 Å². The van der Waals surface area contributed by atoms with Crippen LogP contribution in [0.3, 0.4) is 0 Å². The summed E-state index contributed by atoms with van der Waals surface area (Å²) in [5, 5.41) is 9.68. The van der Waals surface area contributed by atoms with Crippen molar-refractivity contribution in [3.8, 4) is 0 Å². The van der Waals surface area contributed by atoms with Crippen LogP contribution in [0.15, 0.2) is 17.2 Å². The highest BCUT2D eigenvalue weighted by Crippen LogP contribution is 2.32. The average molecular weight is 222 g/mol. The van der Waals surface area contributed by atoms with Gasteiger partial charge in [-0.15, -0.1) is 0 Å². The van der Waals surface area contributed by atoms with Crippen molar-refractivity contribution < 1.29 is 5.11 Å². The number of nitrogens with zero attached hydrogens (tertiary/aromatic N) is 2. The summed E-state index contributed by atoms with van der Waals surface area (Å²) in [5.74, 6) is 0.421. The molecule has 88 valence electrons. The van der Waals surface area contributed by atoms with Gasteiger partial charge in [-0.3, -0.25) is 4.57 Å². The highest BCUT2D eigenvalue weighted by Gasteiger charge is 2.28. The largest absolute Gasteiger partial charge is 0.393 e. The molecule has 1 fully saturated rings. The summed E-state index contributed by atoms with van der Waals surface area (Å²) in [6.07, 6.45) is 5.61. The fourth-order valence-corrected chi connectivity index (χ4v) is 2.43. The molecule has 1 aromatic heterocycles. The normalized spacial score (nSPS) is 30.3. The molecule has 1 heterocycles.